The van der Waals surface area contributed by atoms with Crippen LogP contribution in [0.1, 0.15) is 5.56 Å². The van der Waals surface area contributed by atoms with Crippen molar-refractivity contribution >= 4 is 34.3 Å². The number of rotatable bonds is 3. The lowest BCUT2D eigenvalue weighted by molar-refractivity contribution is -0.117. The smallest absolute Gasteiger partial charge is 0.324 e. The van der Waals surface area contributed by atoms with Crippen LogP contribution in [-0.2, 0) is 11.3 Å². The van der Waals surface area contributed by atoms with Crippen molar-refractivity contribution in [3.8, 4) is 5.69 Å². The van der Waals surface area contributed by atoms with Gasteiger partial charge in [0.1, 0.15) is 12.4 Å². The Labute approximate surface area is 176 Å². The van der Waals surface area contributed by atoms with Gasteiger partial charge in [-0.05, 0) is 36.4 Å². The quantitative estimate of drug-likeness (QED) is 0.555. The molecule has 4 aromatic rings. The van der Waals surface area contributed by atoms with Crippen LogP contribution in [0.2, 0.25) is 0 Å². The molecule has 2 aliphatic heterocycles. The molecule has 152 valence electrons. The number of aliphatic imine (C=N–C) groups is 1. The van der Waals surface area contributed by atoms with E-state index in [0.717, 1.165) is 28.0 Å². The van der Waals surface area contributed by atoms with Gasteiger partial charge in [0, 0.05) is 23.7 Å². The Kier molecular flexibility index (Phi) is 3.76. The van der Waals surface area contributed by atoms with Crippen molar-refractivity contribution in [2.24, 2.45) is 4.99 Å². The monoisotopic (exact) mass is 411 g/mol. The van der Waals surface area contributed by atoms with E-state index < -0.39 is 0 Å². The maximum absolute atomic E-state index is 13.2. The van der Waals surface area contributed by atoms with E-state index in [0.29, 0.717) is 24.7 Å². The van der Waals surface area contributed by atoms with Crippen LogP contribution in [0.3, 0.4) is 0 Å². The number of hydrogen-bond donors (Lipinski definition) is 1. The largest absolute Gasteiger partial charge is 0.352 e. The second-order valence-corrected chi connectivity index (χ2v) is 7.37. The molecule has 1 amide bonds. The highest BCUT2D eigenvalue weighted by Gasteiger charge is 2.34. The fraction of sp³-hybridized carbons (Fsp3) is 0.136. The first kappa shape index (κ1) is 17.6. The Hall–Kier alpha value is -4.27. The Morgan fingerprint density at radius 2 is 1.97 bits per heavy atom. The highest BCUT2D eigenvalue weighted by Crippen LogP contribution is 2.29. The molecule has 0 saturated heterocycles. The number of aromatic nitrogens is 4. The SMILES string of the molecule is O=C(Cn1nc2n(c1=O)-c1ccccc1C1=NCCN12)Nc1cccc2ncccc12. The van der Waals surface area contributed by atoms with Crippen molar-refractivity contribution in [1.82, 2.24) is 19.3 Å². The van der Waals surface area contributed by atoms with Crippen LogP contribution in [-0.4, -0.2) is 44.2 Å². The van der Waals surface area contributed by atoms with Gasteiger partial charge in [0.25, 0.3) is 0 Å². The van der Waals surface area contributed by atoms with Gasteiger partial charge in [-0.15, -0.1) is 5.10 Å². The van der Waals surface area contributed by atoms with E-state index in [1.54, 1.807) is 10.8 Å². The van der Waals surface area contributed by atoms with Crippen molar-refractivity contribution in [2.45, 2.75) is 6.54 Å². The summed E-state index contributed by atoms with van der Waals surface area (Å²) in [7, 11) is 0. The molecule has 2 aliphatic rings. The lowest BCUT2D eigenvalue weighted by Crippen LogP contribution is -2.37. The van der Waals surface area contributed by atoms with Crippen LogP contribution in [0.25, 0.3) is 16.6 Å². The molecule has 6 rings (SSSR count). The fourth-order valence-corrected chi connectivity index (χ4v) is 4.15. The zero-order valence-corrected chi connectivity index (χ0v) is 16.4. The molecule has 0 radical (unpaired) electrons. The summed E-state index contributed by atoms with van der Waals surface area (Å²) in [6, 6.07) is 16.8. The average Bonchev–Trinajstić information content (AvgIpc) is 3.40. The van der Waals surface area contributed by atoms with E-state index in [4.69, 9.17) is 0 Å². The van der Waals surface area contributed by atoms with Gasteiger partial charge >= 0.3 is 5.69 Å². The predicted molar refractivity (Wildman–Crippen MR) is 117 cm³/mol. The average molecular weight is 411 g/mol. The van der Waals surface area contributed by atoms with E-state index >= 15 is 0 Å². The number of nitrogens with one attached hydrogen (secondary N) is 1. The van der Waals surface area contributed by atoms with Gasteiger partial charge in [-0.1, -0.05) is 18.2 Å². The highest BCUT2D eigenvalue weighted by atomic mass is 16.2. The molecule has 0 atom stereocenters. The number of benzene rings is 2. The molecule has 9 nitrogen and oxygen atoms in total. The molecule has 9 heteroatoms. The molecule has 4 heterocycles. The highest BCUT2D eigenvalue weighted by molar-refractivity contribution is 6.14. The van der Waals surface area contributed by atoms with Crippen LogP contribution in [0, 0.1) is 0 Å². The van der Waals surface area contributed by atoms with Crippen molar-refractivity contribution < 1.29 is 4.79 Å². The van der Waals surface area contributed by atoms with E-state index in [9.17, 15) is 9.59 Å². The second kappa shape index (κ2) is 6.63. The van der Waals surface area contributed by atoms with Crippen LogP contribution in [0.5, 0.6) is 0 Å². The van der Waals surface area contributed by atoms with Gasteiger partial charge in [-0.25, -0.2) is 14.0 Å². The first-order chi connectivity index (χ1) is 15.2. The summed E-state index contributed by atoms with van der Waals surface area (Å²) in [5.74, 6) is 0.965. The van der Waals surface area contributed by atoms with Gasteiger partial charge in [-0.3, -0.25) is 19.7 Å². The summed E-state index contributed by atoms with van der Waals surface area (Å²) in [6.07, 6.45) is 1.71. The van der Waals surface area contributed by atoms with Gasteiger partial charge in [0.15, 0.2) is 0 Å². The third kappa shape index (κ3) is 2.67. The second-order valence-electron chi connectivity index (χ2n) is 7.37. The number of hydrogen-bond acceptors (Lipinski definition) is 6. The number of carbonyl (C=O) groups is 1. The first-order valence-corrected chi connectivity index (χ1v) is 9.96. The molecule has 0 aliphatic carbocycles. The zero-order chi connectivity index (χ0) is 20.9. The Balaban J connectivity index is 1.36. The molecule has 0 unspecified atom stereocenters. The number of pyridine rings is 1. The first-order valence-electron chi connectivity index (χ1n) is 9.96. The summed E-state index contributed by atoms with van der Waals surface area (Å²) >= 11 is 0. The van der Waals surface area contributed by atoms with Gasteiger partial charge in [0.2, 0.25) is 11.9 Å². The van der Waals surface area contributed by atoms with Crippen LogP contribution >= 0.6 is 0 Å². The molecule has 0 fully saturated rings. The summed E-state index contributed by atoms with van der Waals surface area (Å²) in [5, 5.41) is 8.19. The minimum Gasteiger partial charge on any atom is -0.324 e. The Morgan fingerprint density at radius 3 is 2.90 bits per heavy atom. The van der Waals surface area contributed by atoms with Crippen molar-refractivity contribution in [3.63, 3.8) is 0 Å². The fourth-order valence-electron chi connectivity index (χ4n) is 4.15. The number of amides is 1. The van der Waals surface area contributed by atoms with Crippen LogP contribution < -0.4 is 15.9 Å². The Morgan fingerprint density at radius 1 is 1.06 bits per heavy atom. The molecule has 31 heavy (non-hydrogen) atoms. The topological polar surface area (TPSA) is 97.4 Å². The summed E-state index contributed by atoms with van der Waals surface area (Å²) < 4.78 is 2.75. The number of fused-ring (bicyclic) bond motifs is 7. The normalized spacial score (nSPS) is 14.1. The van der Waals surface area contributed by atoms with Crippen molar-refractivity contribution in [2.75, 3.05) is 23.3 Å². The third-order valence-electron chi connectivity index (χ3n) is 5.50. The number of nitrogens with zero attached hydrogens (tertiary/aromatic N) is 6. The molecule has 0 bridgehead atoms. The van der Waals surface area contributed by atoms with Gasteiger partial charge in [0.05, 0.1) is 23.4 Å². The number of anilines is 2. The summed E-state index contributed by atoms with van der Waals surface area (Å²) in [5.41, 5.74) is 2.69. The van der Waals surface area contributed by atoms with Crippen LogP contribution in [0.15, 0.2) is 70.6 Å². The minimum absolute atomic E-state index is 0.196. The number of para-hydroxylation sites is 1. The summed E-state index contributed by atoms with van der Waals surface area (Å²) in [4.78, 5) is 36.8. The summed E-state index contributed by atoms with van der Waals surface area (Å²) in [6.45, 7) is 1.09. The van der Waals surface area contributed by atoms with Crippen LogP contribution in [0.4, 0.5) is 11.6 Å². The van der Waals surface area contributed by atoms with Crippen molar-refractivity contribution in [3.05, 3.63) is 76.8 Å². The lowest BCUT2D eigenvalue weighted by Gasteiger charge is -2.26. The lowest BCUT2D eigenvalue weighted by atomic mass is 10.1. The minimum atomic E-state index is -0.358. The molecule has 0 spiro atoms. The Bertz CT molecular complexity index is 1440. The molecule has 2 aromatic heterocycles. The van der Waals surface area contributed by atoms with E-state index in [1.165, 1.54) is 4.68 Å². The molecule has 2 aromatic carbocycles. The van der Waals surface area contributed by atoms with Gasteiger partial charge in [-0.2, -0.15) is 0 Å². The maximum Gasteiger partial charge on any atom is 0.352 e. The maximum atomic E-state index is 13.2. The van der Waals surface area contributed by atoms with E-state index in [2.05, 4.69) is 20.4 Å². The zero-order valence-electron chi connectivity index (χ0n) is 16.4. The van der Waals surface area contributed by atoms with E-state index in [1.807, 2.05) is 59.5 Å². The molecule has 1 N–H and O–H groups in total. The molecule has 0 saturated carbocycles. The van der Waals surface area contributed by atoms with Crippen molar-refractivity contribution in [1.29, 1.82) is 0 Å². The van der Waals surface area contributed by atoms with E-state index in [-0.39, 0.29) is 18.1 Å². The molecular weight excluding hydrogens is 394 g/mol. The predicted octanol–water partition coefficient (Wildman–Crippen LogP) is 1.80. The van der Waals surface area contributed by atoms with Gasteiger partial charge < -0.3 is 5.32 Å². The standard InChI is InChI=1S/C22H17N7O2/c30-19(25-17-8-3-7-16-14(17)6-4-10-23-16)13-28-22(31)29-18-9-2-1-5-15(18)20-24-11-12-27(20)21(29)26-28/h1-10H,11-13H2,(H,25,30). The number of amidine groups is 1. The molecular formula is C22H17N7O2. The number of carbonyl (C=O) groups excluding carboxylic acids is 1. The third-order valence-corrected chi connectivity index (χ3v) is 5.50.